The molecule has 0 N–H and O–H groups in total. The van der Waals surface area contributed by atoms with Crippen LogP contribution in [0.5, 0.6) is 0 Å². The summed E-state index contributed by atoms with van der Waals surface area (Å²) in [4.78, 5) is 21.4. The second kappa shape index (κ2) is 9.56. The molecule has 0 saturated heterocycles. The third-order valence-electron chi connectivity index (χ3n) is 8.35. The van der Waals surface area contributed by atoms with Gasteiger partial charge in [0.25, 0.3) is 0 Å². The number of benzene rings is 5. The van der Waals surface area contributed by atoms with Crippen LogP contribution in [-0.4, -0.2) is 48.1 Å². The monoisotopic (exact) mass is 525 g/mol. The number of carbonyl (C=O) groups is 1. The van der Waals surface area contributed by atoms with Gasteiger partial charge in [-0.1, -0.05) is 66.7 Å². The highest BCUT2D eigenvalue weighted by Gasteiger charge is 2.51. The van der Waals surface area contributed by atoms with Gasteiger partial charge < -0.3 is 14.7 Å². The predicted octanol–water partition coefficient (Wildman–Crippen LogP) is 7.24. The van der Waals surface area contributed by atoms with Crippen LogP contribution in [0.4, 0.5) is 17.1 Å². The normalized spacial score (nSPS) is 13.5. The van der Waals surface area contributed by atoms with Gasteiger partial charge in [0, 0.05) is 64.9 Å². The molecule has 0 radical (unpaired) electrons. The number of Topliss-reactive ketones (excluding diaryl/α,β-unsaturated/α-hetero) is 1. The van der Waals surface area contributed by atoms with Gasteiger partial charge in [0.15, 0.2) is 5.78 Å². The molecule has 5 aromatic carbocycles. The summed E-state index contributed by atoms with van der Waals surface area (Å²) in [6.07, 6.45) is 0. The first kappa shape index (κ1) is 25.7. The zero-order valence-corrected chi connectivity index (χ0v) is 24.1. The molecule has 40 heavy (non-hydrogen) atoms. The van der Waals surface area contributed by atoms with Crippen molar-refractivity contribution < 1.29 is 4.79 Å². The molecule has 4 nitrogen and oxygen atoms in total. The molecule has 0 fully saturated rings. The average Bonchev–Trinajstić information content (AvgIpc) is 3.23. The Morgan fingerprint density at radius 3 is 1.48 bits per heavy atom. The molecule has 0 aromatic heterocycles. The summed E-state index contributed by atoms with van der Waals surface area (Å²) in [5, 5.41) is 2.14. The van der Waals surface area contributed by atoms with Gasteiger partial charge >= 0.3 is 0 Å². The van der Waals surface area contributed by atoms with E-state index < -0.39 is 5.41 Å². The Morgan fingerprint density at radius 1 is 0.525 bits per heavy atom. The van der Waals surface area contributed by atoms with E-state index in [0.717, 1.165) is 61.2 Å². The van der Waals surface area contributed by atoms with Crippen molar-refractivity contribution >= 4 is 33.6 Å². The molecule has 5 aromatic rings. The van der Waals surface area contributed by atoms with E-state index in [2.05, 4.69) is 118 Å². The molecule has 0 aliphatic heterocycles. The summed E-state index contributed by atoms with van der Waals surface area (Å²) < 4.78 is 0. The molecule has 1 aliphatic rings. The van der Waals surface area contributed by atoms with Gasteiger partial charge in [0.2, 0.25) is 0 Å². The van der Waals surface area contributed by atoms with Crippen molar-refractivity contribution in [1.82, 2.24) is 0 Å². The minimum atomic E-state index is -0.947. The fourth-order valence-corrected chi connectivity index (χ4v) is 6.18. The molecule has 0 saturated carbocycles. The molecule has 0 spiro atoms. The van der Waals surface area contributed by atoms with Crippen LogP contribution in [0.2, 0.25) is 0 Å². The Labute approximate surface area is 237 Å². The van der Waals surface area contributed by atoms with Crippen LogP contribution in [0, 0.1) is 0 Å². The maximum Gasteiger partial charge on any atom is 0.183 e. The molecule has 0 amide bonds. The molecule has 0 unspecified atom stereocenters. The fourth-order valence-electron chi connectivity index (χ4n) is 6.18. The molecule has 6 rings (SSSR count). The van der Waals surface area contributed by atoms with Crippen LogP contribution in [0.3, 0.4) is 0 Å². The lowest BCUT2D eigenvalue weighted by atomic mass is 9.68. The number of rotatable bonds is 6. The summed E-state index contributed by atoms with van der Waals surface area (Å²) in [6, 6.07) is 36.1. The summed E-state index contributed by atoms with van der Waals surface area (Å²) in [6.45, 7) is 0. The Kier molecular flexibility index (Phi) is 6.14. The minimum absolute atomic E-state index is 0.126. The largest absolute Gasteiger partial charge is 0.378 e. The molecule has 0 bridgehead atoms. The van der Waals surface area contributed by atoms with E-state index in [1.807, 2.05) is 42.3 Å². The molecule has 0 heterocycles. The van der Waals surface area contributed by atoms with Crippen molar-refractivity contribution in [3.8, 4) is 11.1 Å². The van der Waals surface area contributed by atoms with Gasteiger partial charge in [-0.2, -0.15) is 0 Å². The van der Waals surface area contributed by atoms with E-state index in [1.54, 1.807) is 0 Å². The summed E-state index contributed by atoms with van der Waals surface area (Å²) >= 11 is 0. The van der Waals surface area contributed by atoms with Crippen molar-refractivity contribution in [2.75, 3.05) is 57.0 Å². The lowest BCUT2D eigenvalue weighted by Gasteiger charge is -2.31. The number of nitrogens with zero attached hydrogens (tertiary/aromatic N) is 3. The first-order chi connectivity index (χ1) is 19.2. The van der Waals surface area contributed by atoms with Gasteiger partial charge in [-0.15, -0.1) is 0 Å². The van der Waals surface area contributed by atoms with Gasteiger partial charge in [-0.25, -0.2) is 0 Å². The summed E-state index contributed by atoms with van der Waals surface area (Å²) in [5.74, 6) is 0.126. The number of ketones is 1. The molecule has 4 heteroatoms. The van der Waals surface area contributed by atoms with Crippen LogP contribution in [0.1, 0.15) is 27.0 Å². The lowest BCUT2D eigenvalue weighted by molar-refractivity contribution is 0.0945. The highest BCUT2D eigenvalue weighted by molar-refractivity contribution is 6.26. The van der Waals surface area contributed by atoms with Gasteiger partial charge in [0.1, 0.15) is 5.41 Å². The van der Waals surface area contributed by atoms with E-state index in [9.17, 15) is 0 Å². The number of anilines is 3. The Morgan fingerprint density at radius 2 is 1.00 bits per heavy atom. The Bertz CT molecular complexity index is 1660. The highest BCUT2D eigenvalue weighted by atomic mass is 16.1. The number of hydrogen-bond donors (Lipinski definition) is 0. The quantitative estimate of drug-likeness (QED) is 0.234. The summed E-state index contributed by atoms with van der Waals surface area (Å²) in [7, 11) is 12.2. The van der Waals surface area contributed by atoms with Crippen molar-refractivity contribution in [3.63, 3.8) is 0 Å². The third-order valence-corrected chi connectivity index (χ3v) is 8.35. The third kappa shape index (κ3) is 3.78. The smallest absolute Gasteiger partial charge is 0.183 e. The SMILES string of the molecule is CN(C)c1ccc(-c2ccc3cccc4c3c2C(=O)C4(c2ccc(N(C)C)cc2)c2ccc(N(C)C)cc2)cc1. The Balaban J connectivity index is 1.65. The topological polar surface area (TPSA) is 26.8 Å². The number of hydrogen-bond acceptors (Lipinski definition) is 4. The average molecular weight is 526 g/mol. The fraction of sp³-hybridized carbons (Fsp3) is 0.194. The lowest BCUT2D eigenvalue weighted by Crippen LogP contribution is -2.35. The van der Waals surface area contributed by atoms with Crippen LogP contribution in [0.15, 0.2) is 103 Å². The zero-order valence-electron chi connectivity index (χ0n) is 24.1. The summed E-state index contributed by atoms with van der Waals surface area (Å²) in [5.41, 5.74) is 8.23. The molecule has 1 aliphatic carbocycles. The maximum absolute atomic E-state index is 15.2. The van der Waals surface area contributed by atoms with Gasteiger partial charge in [-0.05, 0) is 75.0 Å². The van der Waals surface area contributed by atoms with E-state index in [1.165, 1.54) is 0 Å². The van der Waals surface area contributed by atoms with E-state index in [4.69, 9.17) is 0 Å². The van der Waals surface area contributed by atoms with E-state index >= 15 is 4.79 Å². The Hall–Kier alpha value is -4.57. The van der Waals surface area contributed by atoms with Crippen molar-refractivity contribution in [2.24, 2.45) is 0 Å². The van der Waals surface area contributed by atoms with Crippen molar-refractivity contribution in [1.29, 1.82) is 0 Å². The molecular formula is C36H35N3O. The minimum Gasteiger partial charge on any atom is -0.378 e. The highest BCUT2D eigenvalue weighted by Crippen LogP contribution is 2.53. The second-order valence-corrected chi connectivity index (χ2v) is 11.3. The van der Waals surface area contributed by atoms with Crippen molar-refractivity contribution in [3.05, 3.63) is 125 Å². The molecule has 0 atom stereocenters. The van der Waals surface area contributed by atoms with Crippen LogP contribution >= 0.6 is 0 Å². The first-order valence-corrected chi connectivity index (χ1v) is 13.7. The maximum atomic E-state index is 15.2. The second-order valence-electron chi connectivity index (χ2n) is 11.3. The first-order valence-electron chi connectivity index (χ1n) is 13.7. The molecular weight excluding hydrogens is 490 g/mol. The van der Waals surface area contributed by atoms with Crippen molar-refractivity contribution in [2.45, 2.75) is 5.41 Å². The van der Waals surface area contributed by atoms with Gasteiger partial charge in [-0.3, -0.25) is 4.79 Å². The predicted molar refractivity (Wildman–Crippen MR) is 169 cm³/mol. The van der Waals surface area contributed by atoms with Crippen LogP contribution in [-0.2, 0) is 5.41 Å². The van der Waals surface area contributed by atoms with Gasteiger partial charge in [0.05, 0.1) is 0 Å². The van der Waals surface area contributed by atoms with Crippen LogP contribution < -0.4 is 14.7 Å². The van der Waals surface area contributed by atoms with E-state index in [0.29, 0.717) is 0 Å². The van der Waals surface area contributed by atoms with E-state index in [-0.39, 0.29) is 5.78 Å². The van der Waals surface area contributed by atoms with Crippen LogP contribution in [0.25, 0.3) is 21.9 Å². The zero-order chi connectivity index (χ0) is 28.2. The number of carbonyl (C=O) groups excluding carboxylic acids is 1. The molecule has 200 valence electrons. The standard InChI is InChI=1S/C36H35N3O/c1-37(2)28-17-10-24(11-18-28)31-23-12-25-8-7-9-32-33(25)34(31)35(40)36(32,26-13-19-29(20-14-26)38(3)4)27-15-21-30(22-16-27)39(5)6/h7-23H,1-6H3.